The van der Waals surface area contributed by atoms with E-state index in [4.69, 9.17) is 16.3 Å². The van der Waals surface area contributed by atoms with Gasteiger partial charge in [-0.1, -0.05) is 35.9 Å². The molecule has 3 nitrogen and oxygen atoms in total. The fourth-order valence-electron chi connectivity index (χ4n) is 2.52. The summed E-state index contributed by atoms with van der Waals surface area (Å²) < 4.78 is 5.71. The Morgan fingerprint density at radius 3 is 2.78 bits per heavy atom. The number of hydrogen-bond acceptors (Lipinski definition) is 2. The summed E-state index contributed by atoms with van der Waals surface area (Å²) in [7, 11) is 0. The van der Waals surface area contributed by atoms with Crippen molar-refractivity contribution in [3.8, 4) is 5.75 Å². The topological polar surface area (TPSA) is 38.3 Å². The monoisotopic (exact) mass is 326 g/mol. The summed E-state index contributed by atoms with van der Waals surface area (Å²) in [5, 5.41) is 3.54. The van der Waals surface area contributed by atoms with Crippen LogP contribution in [0.1, 0.15) is 22.3 Å². The number of amides is 1. The van der Waals surface area contributed by atoms with E-state index in [9.17, 15) is 4.79 Å². The van der Waals surface area contributed by atoms with Gasteiger partial charge in [0.2, 0.25) is 0 Å². The number of fused-ring (bicyclic) bond motifs is 1. The summed E-state index contributed by atoms with van der Waals surface area (Å²) in [4.78, 5) is 12.3. The molecule has 0 fully saturated rings. The Morgan fingerprint density at radius 1 is 1.30 bits per heavy atom. The van der Waals surface area contributed by atoms with Crippen LogP contribution in [0, 0.1) is 13.8 Å². The lowest BCUT2D eigenvalue weighted by molar-refractivity contribution is -0.117. The molecule has 0 bridgehead atoms. The first-order chi connectivity index (χ1) is 11.0. The lowest BCUT2D eigenvalue weighted by Gasteiger charge is -2.19. The Balaban J connectivity index is 1.72. The molecule has 0 atom stereocenters. The number of carbonyl (C=O) groups excluding carboxylic acids is 1. The average molecular weight is 327 g/mol. The summed E-state index contributed by atoms with van der Waals surface area (Å²) >= 11 is 6.07. The molecule has 2 aromatic carbocycles. The van der Waals surface area contributed by atoms with Crippen LogP contribution in [0.4, 0.5) is 0 Å². The van der Waals surface area contributed by atoms with Gasteiger partial charge in [0.1, 0.15) is 12.4 Å². The molecule has 0 saturated carbocycles. The molecule has 1 N–H and O–H groups in total. The van der Waals surface area contributed by atoms with Crippen LogP contribution < -0.4 is 10.1 Å². The minimum Gasteiger partial charge on any atom is -0.488 e. The molecule has 1 aliphatic heterocycles. The predicted molar refractivity (Wildman–Crippen MR) is 92.4 cm³/mol. The second-order valence-corrected chi connectivity index (χ2v) is 6.03. The maximum absolute atomic E-state index is 12.3. The largest absolute Gasteiger partial charge is 0.488 e. The van der Waals surface area contributed by atoms with E-state index in [-0.39, 0.29) is 12.5 Å². The van der Waals surface area contributed by atoms with Crippen molar-refractivity contribution in [1.29, 1.82) is 0 Å². The van der Waals surface area contributed by atoms with Crippen LogP contribution in [-0.2, 0) is 11.3 Å². The highest BCUT2D eigenvalue weighted by molar-refractivity contribution is 6.30. The van der Waals surface area contributed by atoms with Crippen molar-refractivity contribution in [3.63, 3.8) is 0 Å². The zero-order chi connectivity index (χ0) is 16.4. The fourth-order valence-corrected chi connectivity index (χ4v) is 2.80. The highest BCUT2D eigenvalue weighted by atomic mass is 35.5. The zero-order valence-corrected chi connectivity index (χ0v) is 13.6. The van der Waals surface area contributed by atoms with Crippen molar-refractivity contribution in [1.82, 2.24) is 5.32 Å². The van der Waals surface area contributed by atoms with E-state index in [1.165, 1.54) is 0 Å². The second kappa shape index (κ2) is 6.47. The van der Waals surface area contributed by atoms with Crippen molar-refractivity contribution in [2.45, 2.75) is 13.5 Å². The van der Waals surface area contributed by atoms with Gasteiger partial charge in [0.15, 0.2) is 0 Å². The number of ether oxygens (including phenoxy) is 1. The van der Waals surface area contributed by atoms with Crippen LogP contribution in [-0.4, -0.2) is 12.5 Å². The Labute approximate surface area is 140 Å². The van der Waals surface area contributed by atoms with Crippen LogP contribution in [0.5, 0.6) is 5.75 Å². The number of aryl methyl sites for hydroxylation is 1. The number of nitrogens with one attached hydrogen (secondary N) is 1. The summed E-state index contributed by atoms with van der Waals surface area (Å²) in [6.45, 7) is 6.52. The molecule has 2 aromatic rings. The van der Waals surface area contributed by atoms with Crippen LogP contribution in [0.2, 0.25) is 5.02 Å². The van der Waals surface area contributed by atoms with Gasteiger partial charge in [0, 0.05) is 17.1 Å². The van der Waals surface area contributed by atoms with E-state index in [2.05, 4.69) is 12.2 Å². The maximum Gasteiger partial charge on any atom is 0.250 e. The number of benzene rings is 2. The Hall–Kier alpha value is -2.26. The van der Waals surface area contributed by atoms with Gasteiger partial charge in [-0.25, -0.2) is 0 Å². The molecule has 0 unspecified atom stereocenters. The molecule has 1 amide bonds. The Morgan fingerprint density at radius 2 is 2.04 bits per heavy atom. The van der Waals surface area contributed by atoms with Gasteiger partial charge in [-0.2, -0.15) is 0 Å². The standard InChI is InChI=1S/C19H17ClNO2/c1-12-3-5-14(6-4-12)10-21-19(22)16-8-15-9-17(20)7-13(2)18(15)23-11-16/h3-9H,1,10-11H2,2H3,(H,21,22). The van der Waals surface area contributed by atoms with E-state index >= 15 is 0 Å². The third kappa shape index (κ3) is 3.57. The molecule has 117 valence electrons. The Kier molecular flexibility index (Phi) is 4.39. The van der Waals surface area contributed by atoms with Gasteiger partial charge in [0.05, 0.1) is 5.57 Å². The van der Waals surface area contributed by atoms with Crippen LogP contribution >= 0.6 is 11.6 Å². The van der Waals surface area contributed by atoms with Crippen LogP contribution in [0.25, 0.3) is 6.08 Å². The first-order valence-electron chi connectivity index (χ1n) is 7.35. The molecule has 23 heavy (non-hydrogen) atoms. The normalized spacial score (nSPS) is 12.9. The van der Waals surface area contributed by atoms with Crippen molar-refractivity contribution in [2.24, 2.45) is 0 Å². The third-order valence-electron chi connectivity index (χ3n) is 3.74. The predicted octanol–water partition coefficient (Wildman–Crippen LogP) is 3.92. The summed E-state index contributed by atoms with van der Waals surface area (Å²) in [6.07, 6.45) is 1.84. The first-order valence-corrected chi connectivity index (χ1v) is 7.73. The molecule has 0 aliphatic carbocycles. The van der Waals surface area contributed by atoms with Gasteiger partial charge in [-0.3, -0.25) is 4.79 Å². The van der Waals surface area contributed by atoms with Gasteiger partial charge < -0.3 is 10.1 Å². The van der Waals surface area contributed by atoms with E-state index < -0.39 is 0 Å². The lowest BCUT2D eigenvalue weighted by atomic mass is 10.0. The summed E-state index contributed by atoms with van der Waals surface area (Å²) in [5.74, 6) is 0.656. The smallest absolute Gasteiger partial charge is 0.250 e. The van der Waals surface area contributed by atoms with Crippen molar-refractivity contribution in [3.05, 3.63) is 76.2 Å². The minimum absolute atomic E-state index is 0.132. The molecular formula is C19H17ClNO2. The van der Waals surface area contributed by atoms with E-state index in [1.54, 1.807) is 0 Å². The highest BCUT2D eigenvalue weighted by Gasteiger charge is 2.19. The highest BCUT2D eigenvalue weighted by Crippen LogP contribution is 2.32. The summed E-state index contributed by atoms with van der Waals surface area (Å²) in [6, 6.07) is 11.4. The van der Waals surface area contributed by atoms with E-state index in [0.29, 0.717) is 17.1 Å². The quantitative estimate of drug-likeness (QED) is 0.928. The van der Waals surface area contributed by atoms with Crippen LogP contribution in [0.15, 0.2) is 42.0 Å². The second-order valence-electron chi connectivity index (χ2n) is 5.60. The van der Waals surface area contributed by atoms with E-state index in [0.717, 1.165) is 28.0 Å². The van der Waals surface area contributed by atoms with Gasteiger partial charge in [0.25, 0.3) is 5.91 Å². The third-order valence-corrected chi connectivity index (χ3v) is 3.96. The maximum atomic E-state index is 12.3. The lowest BCUT2D eigenvalue weighted by Crippen LogP contribution is -2.28. The number of halogens is 1. The zero-order valence-electron chi connectivity index (χ0n) is 12.9. The van der Waals surface area contributed by atoms with Gasteiger partial charge in [-0.05, 0) is 48.7 Å². The van der Waals surface area contributed by atoms with Crippen molar-refractivity contribution < 1.29 is 9.53 Å². The first kappa shape index (κ1) is 15.6. The fraction of sp³-hybridized carbons (Fsp3) is 0.158. The number of rotatable bonds is 3. The van der Waals surface area contributed by atoms with Crippen LogP contribution in [0.3, 0.4) is 0 Å². The molecule has 1 heterocycles. The van der Waals surface area contributed by atoms with Gasteiger partial charge in [-0.15, -0.1) is 0 Å². The van der Waals surface area contributed by atoms with Gasteiger partial charge >= 0.3 is 0 Å². The molecule has 0 saturated heterocycles. The number of carbonyl (C=O) groups is 1. The SMILES string of the molecule is [CH2]c1ccc(CNC(=O)C2=Cc3cc(Cl)cc(C)c3OC2)cc1. The molecule has 3 rings (SSSR count). The Bertz CT molecular complexity index is 779. The summed E-state index contributed by atoms with van der Waals surface area (Å²) in [5.41, 5.74) is 4.38. The molecular weight excluding hydrogens is 310 g/mol. The van der Waals surface area contributed by atoms with Crippen molar-refractivity contribution >= 4 is 23.6 Å². The average Bonchev–Trinajstić information content (AvgIpc) is 2.53. The minimum atomic E-state index is -0.132. The van der Waals surface area contributed by atoms with Crippen molar-refractivity contribution in [2.75, 3.05) is 6.61 Å². The van der Waals surface area contributed by atoms with E-state index in [1.807, 2.05) is 49.4 Å². The molecule has 0 spiro atoms. The molecule has 1 radical (unpaired) electrons. The molecule has 4 heteroatoms. The molecule has 0 aromatic heterocycles. The molecule has 1 aliphatic rings. The number of hydrogen-bond donors (Lipinski definition) is 1.